The van der Waals surface area contributed by atoms with Crippen molar-refractivity contribution in [3.8, 4) is 0 Å². The number of hydrogen-bond donors (Lipinski definition) is 1. The first-order chi connectivity index (χ1) is 6.73. The first-order valence-corrected chi connectivity index (χ1v) is 4.83. The normalized spacial score (nSPS) is 14.1. The summed E-state index contributed by atoms with van der Waals surface area (Å²) >= 11 is 16.7. The molecule has 0 spiro atoms. The Hall–Kier alpha value is -0.160. The van der Waals surface area contributed by atoms with E-state index in [0.717, 1.165) is 6.07 Å². The molecule has 0 heterocycles. The molecule has 1 atom stereocenters. The Bertz CT molecular complexity index is 378. The topological polar surface area (TPSA) is 26.0 Å². The molecule has 0 amide bonds. The molecule has 0 unspecified atom stereocenters. The minimum absolute atomic E-state index is 0.0547. The van der Waals surface area contributed by atoms with Crippen molar-refractivity contribution in [1.29, 1.82) is 0 Å². The van der Waals surface area contributed by atoms with Gasteiger partial charge in [-0.05, 0) is 17.7 Å². The SMILES string of the molecule is N[C@H](c1cc(Cl)cc(Cl)c1Cl)C(F)(F)F. The van der Waals surface area contributed by atoms with Crippen molar-refractivity contribution in [3.05, 3.63) is 32.8 Å². The van der Waals surface area contributed by atoms with Gasteiger partial charge in [-0.2, -0.15) is 13.2 Å². The van der Waals surface area contributed by atoms with Gasteiger partial charge < -0.3 is 5.73 Å². The number of halogens is 6. The molecular weight excluding hydrogens is 273 g/mol. The molecule has 1 nitrogen and oxygen atoms in total. The summed E-state index contributed by atoms with van der Waals surface area (Å²) in [6.45, 7) is 0. The molecule has 0 aliphatic carbocycles. The second kappa shape index (κ2) is 4.37. The van der Waals surface area contributed by atoms with Crippen molar-refractivity contribution in [2.45, 2.75) is 12.2 Å². The smallest absolute Gasteiger partial charge is 0.316 e. The zero-order chi connectivity index (χ0) is 11.8. The van der Waals surface area contributed by atoms with Gasteiger partial charge in [0, 0.05) is 5.02 Å². The van der Waals surface area contributed by atoms with Crippen LogP contribution in [-0.2, 0) is 0 Å². The summed E-state index contributed by atoms with van der Waals surface area (Å²) in [4.78, 5) is 0. The van der Waals surface area contributed by atoms with E-state index in [0.29, 0.717) is 0 Å². The first kappa shape index (κ1) is 12.9. The molecule has 0 radical (unpaired) electrons. The molecule has 84 valence electrons. The van der Waals surface area contributed by atoms with Crippen molar-refractivity contribution in [2.75, 3.05) is 0 Å². The monoisotopic (exact) mass is 277 g/mol. The molecule has 1 rings (SSSR count). The Morgan fingerprint density at radius 1 is 1.13 bits per heavy atom. The molecule has 0 aromatic heterocycles. The first-order valence-electron chi connectivity index (χ1n) is 3.70. The van der Waals surface area contributed by atoms with Gasteiger partial charge >= 0.3 is 6.18 Å². The Labute approximate surface area is 98.9 Å². The highest BCUT2D eigenvalue weighted by Gasteiger charge is 2.39. The standard InChI is InChI=1S/C8H5Cl3F3N/c9-3-1-4(6(11)5(10)2-3)7(15)8(12,13)14/h1-2,7H,15H2/t7-/m1/s1. The van der Waals surface area contributed by atoms with E-state index in [1.807, 2.05) is 0 Å². The van der Waals surface area contributed by atoms with Crippen molar-refractivity contribution in [1.82, 2.24) is 0 Å². The third-order valence-electron chi connectivity index (χ3n) is 1.71. The van der Waals surface area contributed by atoms with E-state index in [-0.39, 0.29) is 20.6 Å². The van der Waals surface area contributed by atoms with Crippen molar-refractivity contribution in [2.24, 2.45) is 5.73 Å². The third-order valence-corrected chi connectivity index (χ3v) is 2.74. The van der Waals surface area contributed by atoms with E-state index in [4.69, 9.17) is 40.5 Å². The number of hydrogen-bond acceptors (Lipinski definition) is 1. The number of rotatable bonds is 1. The summed E-state index contributed by atoms with van der Waals surface area (Å²) in [6.07, 6.45) is -4.59. The molecule has 0 bridgehead atoms. The van der Waals surface area contributed by atoms with Crippen LogP contribution in [0, 0.1) is 0 Å². The molecule has 1 aromatic carbocycles. The molecule has 0 saturated carbocycles. The van der Waals surface area contributed by atoms with Gasteiger partial charge in [0.2, 0.25) is 0 Å². The highest BCUT2D eigenvalue weighted by molar-refractivity contribution is 6.43. The quantitative estimate of drug-likeness (QED) is 0.765. The molecule has 15 heavy (non-hydrogen) atoms. The van der Waals surface area contributed by atoms with E-state index in [1.165, 1.54) is 6.07 Å². The van der Waals surface area contributed by atoms with Gasteiger partial charge in [-0.1, -0.05) is 34.8 Å². The average Bonchev–Trinajstić information content (AvgIpc) is 2.08. The van der Waals surface area contributed by atoms with Gasteiger partial charge in [0.15, 0.2) is 0 Å². The van der Waals surface area contributed by atoms with Crippen LogP contribution in [0.2, 0.25) is 15.1 Å². The van der Waals surface area contributed by atoms with Gasteiger partial charge in [0.1, 0.15) is 6.04 Å². The average molecular weight is 278 g/mol. The lowest BCUT2D eigenvalue weighted by atomic mass is 10.1. The highest BCUT2D eigenvalue weighted by Crippen LogP contribution is 2.38. The molecular formula is C8H5Cl3F3N. The zero-order valence-electron chi connectivity index (χ0n) is 7.08. The maximum absolute atomic E-state index is 12.3. The summed E-state index contributed by atoms with van der Waals surface area (Å²) in [5.41, 5.74) is 4.65. The van der Waals surface area contributed by atoms with Crippen LogP contribution in [0.15, 0.2) is 12.1 Å². The Balaban J connectivity index is 3.25. The van der Waals surface area contributed by atoms with Crippen molar-refractivity contribution in [3.63, 3.8) is 0 Å². The predicted octanol–water partition coefficient (Wildman–Crippen LogP) is 4.21. The maximum Gasteiger partial charge on any atom is 0.407 e. The van der Waals surface area contributed by atoms with E-state index >= 15 is 0 Å². The molecule has 0 aliphatic heterocycles. The summed E-state index contributed by atoms with van der Waals surface area (Å²) in [7, 11) is 0. The van der Waals surface area contributed by atoms with E-state index in [1.54, 1.807) is 0 Å². The highest BCUT2D eigenvalue weighted by atomic mass is 35.5. The third kappa shape index (κ3) is 2.91. The fraction of sp³-hybridized carbons (Fsp3) is 0.250. The van der Waals surface area contributed by atoms with Gasteiger partial charge in [0.05, 0.1) is 10.0 Å². The fourth-order valence-electron chi connectivity index (χ4n) is 0.979. The van der Waals surface area contributed by atoms with Crippen LogP contribution >= 0.6 is 34.8 Å². The lowest BCUT2D eigenvalue weighted by molar-refractivity contribution is -0.149. The second-order valence-electron chi connectivity index (χ2n) is 2.81. The zero-order valence-corrected chi connectivity index (χ0v) is 9.34. The van der Waals surface area contributed by atoms with Crippen LogP contribution < -0.4 is 5.73 Å². The van der Waals surface area contributed by atoms with Crippen molar-refractivity contribution >= 4 is 34.8 Å². The number of alkyl halides is 3. The summed E-state index contributed by atoms with van der Waals surface area (Å²) in [6, 6.07) is 0.104. The Kier molecular flexibility index (Phi) is 3.76. The van der Waals surface area contributed by atoms with Crippen LogP contribution in [0.5, 0.6) is 0 Å². The maximum atomic E-state index is 12.3. The van der Waals surface area contributed by atoms with Crippen LogP contribution in [0.3, 0.4) is 0 Å². The van der Waals surface area contributed by atoms with Crippen LogP contribution in [0.1, 0.15) is 11.6 Å². The molecule has 1 aromatic rings. The van der Waals surface area contributed by atoms with Gasteiger partial charge in [-0.15, -0.1) is 0 Å². The summed E-state index contributed by atoms with van der Waals surface area (Å²) in [5.74, 6) is 0. The van der Waals surface area contributed by atoms with E-state index < -0.39 is 12.2 Å². The van der Waals surface area contributed by atoms with E-state index in [9.17, 15) is 13.2 Å². The lowest BCUT2D eigenvalue weighted by Crippen LogP contribution is -2.28. The second-order valence-corrected chi connectivity index (χ2v) is 4.03. The molecule has 7 heteroatoms. The van der Waals surface area contributed by atoms with Crippen LogP contribution in [0.25, 0.3) is 0 Å². The lowest BCUT2D eigenvalue weighted by Gasteiger charge is -2.17. The Morgan fingerprint density at radius 2 is 1.67 bits per heavy atom. The van der Waals surface area contributed by atoms with Crippen molar-refractivity contribution < 1.29 is 13.2 Å². The van der Waals surface area contributed by atoms with Gasteiger partial charge in [-0.25, -0.2) is 0 Å². The van der Waals surface area contributed by atoms with Crippen LogP contribution in [0.4, 0.5) is 13.2 Å². The Morgan fingerprint density at radius 3 is 2.13 bits per heavy atom. The predicted molar refractivity (Wildman–Crippen MR) is 54.5 cm³/mol. The minimum Gasteiger partial charge on any atom is -0.316 e. The van der Waals surface area contributed by atoms with Gasteiger partial charge in [0.25, 0.3) is 0 Å². The van der Waals surface area contributed by atoms with Gasteiger partial charge in [-0.3, -0.25) is 0 Å². The molecule has 0 aliphatic rings. The largest absolute Gasteiger partial charge is 0.407 e. The summed E-state index contributed by atoms with van der Waals surface area (Å²) in [5, 5.41) is -0.233. The number of nitrogens with two attached hydrogens (primary N) is 1. The van der Waals surface area contributed by atoms with Crippen LogP contribution in [-0.4, -0.2) is 6.18 Å². The minimum atomic E-state index is -4.59. The van der Waals surface area contributed by atoms with E-state index in [2.05, 4.69) is 0 Å². The molecule has 2 N–H and O–H groups in total. The molecule has 0 fully saturated rings. The summed E-state index contributed by atoms with van der Waals surface area (Å²) < 4.78 is 36.9. The number of benzene rings is 1. The fourth-order valence-corrected chi connectivity index (χ4v) is 1.71. The molecule has 0 saturated heterocycles.